The van der Waals surface area contributed by atoms with E-state index in [4.69, 9.17) is 15.2 Å². The first-order chi connectivity index (χ1) is 10.5. The fourth-order valence-electron chi connectivity index (χ4n) is 2.09. The first-order valence-corrected chi connectivity index (χ1v) is 6.96. The van der Waals surface area contributed by atoms with Crippen LogP contribution >= 0.6 is 0 Å². The number of morpholine rings is 1. The molecular formula is C15H18N2O5. The van der Waals surface area contributed by atoms with Crippen molar-refractivity contribution in [2.24, 2.45) is 5.73 Å². The third-order valence-corrected chi connectivity index (χ3v) is 3.36. The Labute approximate surface area is 128 Å². The highest BCUT2D eigenvalue weighted by molar-refractivity contribution is 5.96. The molecule has 2 amide bonds. The number of benzene rings is 1. The Morgan fingerprint density at radius 2 is 1.68 bits per heavy atom. The molecule has 0 saturated carbocycles. The van der Waals surface area contributed by atoms with Gasteiger partial charge in [0.1, 0.15) is 0 Å². The van der Waals surface area contributed by atoms with Gasteiger partial charge in [-0.25, -0.2) is 4.79 Å². The first-order valence-electron chi connectivity index (χ1n) is 6.96. The number of primary amides is 1. The van der Waals surface area contributed by atoms with Crippen molar-refractivity contribution in [3.8, 4) is 0 Å². The summed E-state index contributed by atoms with van der Waals surface area (Å²) in [6, 6.07) is 5.75. The number of esters is 1. The lowest BCUT2D eigenvalue weighted by atomic mass is 10.1. The smallest absolute Gasteiger partial charge is 0.338 e. The van der Waals surface area contributed by atoms with Crippen LogP contribution in [0, 0.1) is 0 Å². The molecule has 0 bridgehead atoms. The number of nitrogens with zero attached hydrogens (tertiary/aromatic N) is 1. The summed E-state index contributed by atoms with van der Waals surface area (Å²) >= 11 is 0. The number of hydrogen-bond donors (Lipinski definition) is 1. The highest BCUT2D eigenvalue weighted by atomic mass is 16.5. The molecule has 1 aromatic carbocycles. The SMILES string of the molecule is CC(OC(=O)c1ccc(C(N)=O)cc1)C(=O)N1CCOCC1. The van der Waals surface area contributed by atoms with Crippen molar-refractivity contribution in [1.29, 1.82) is 0 Å². The summed E-state index contributed by atoms with van der Waals surface area (Å²) in [4.78, 5) is 36.7. The Morgan fingerprint density at radius 1 is 1.14 bits per heavy atom. The normalized spacial score (nSPS) is 16.0. The number of nitrogens with two attached hydrogens (primary N) is 1. The van der Waals surface area contributed by atoms with Crippen LogP contribution < -0.4 is 5.73 Å². The molecule has 0 spiro atoms. The summed E-state index contributed by atoms with van der Waals surface area (Å²) in [6.45, 7) is 3.50. The van der Waals surface area contributed by atoms with Gasteiger partial charge in [-0.1, -0.05) is 0 Å². The molecule has 1 unspecified atom stereocenters. The topological polar surface area (TPSA) is 98.9 Å². The summed E-state index contributed by atoms with van der Waals surface area (Å²) in [5.41, 5.74) is 5.68. The van der Waals surface area contributed by atoms with Crippen molar-refractivity contribution in [1.82, 2.24) is 4.90 Å². The van der Waals surface area contributed by atoms with E-state index in [1.165, 1.54) is 31.2 Å². The molecule has 7 nitrogen and oxygen atoms in total. The fraction of sp³-hybridized carbons (Fsp3) is 0.400. The van der Waals surface area contributed by atoms with Gasteiger partial charge in [-0.15, -0.1) is 0 Å². The van der Waals surface area contributed by atoms with Crippen LogP contribution in [0.3, 0.4) is 0 Å². The second-order valence-corrected chi connectivity index (χ2v) is 4.93. The molecule has 22 heavy (non-hydrogen) atoms. The lowest BCUT2D eigenvalue weighted by Gasteiger charge is -2.28. The minimum atomic E-state index is -0.874. The second-order valence-electron chi connectivity index (χ2n) is 4.93. The van der Waals surface area contributed by atoms with Crippen LogP contribution in [-0.2, 0) is 14.3 Å². The summed E-state index contributed by atoms with van der Waals surface area (Å²) in [6.07, 6.45) is -0.874. The summed E-state index contributed by atoms with van der Waals surface area (Å²) in [5, 5.41) is 0. The average Bonchev–Trinajstić information content (AvgIpc) is 2.54. The predicted molar refractivity (Wildman–Crippen MR) is 77.2 cm³/mol. The van der Waals surface area contributed by atoms with E-state index in [-0.39, 0.29) is 11.5 Å². The molecule has 2 N–H and O–H groups in total. The molecule has 7 heteroatoms. The Hall–Kier alpha value is -2.41. The lowest BCUT2D eigenvalue weighted by Crippen LogP contribution is -2.46. The Morgan fingerprint density at radius 3 is 2.23 bits per heavy atom. The van der Waals surface area contributed by atoms with E-state index in [2.05, 4.69) is 0 Å². The molecule has 1 aliphatic heterocycles. The molecule has 1 aromatic rings. The number of carbonyl (C=O) groups excluding carboxylic acids is 3. The average molecular weight is 306 g/mol. The van der Waals surface area contributed by atoms with E-state index in [0.29, 0.717) is 31.9 Å². The molecular weight excluding hydrogens is 288 g/mol. The monoisotopic (exact) mass is 306 g/mol. The molecule has 1 aliphatic rings. The number of hydrogen-bond acceptors (Lipinski definition) is 5. The molecule has 1 saturated heterocycles. The van der Waals surface area contributed by atoms with Crippen LogP contribution in [0.25, 0.3) is 0 Å². The van der Waals surface area contributed by atoms with Crippen molar-refractivity contribution < 1.29 is 23.9 Å². The molecule has 0 aromatic heterocycles. The van der Waals surface area contributed by atoms with E-state index in [1.54, 1.807) is 4.90 Å². The molecule has 1 fully saturated rings. The van der Waals surface area contributed by atoms with E-state index in [0.717, 1.165) is 0 Å². The third kappa shape index (κ3) is 3.82. The van der Waals surface area contributed by atoms with Crippen LogP contribution in [0.4, 0.5) is 0 Å². The zero-order valence-electron chi connectivity index (χ0n) is 12.3. The lowest BCUT2D eigenvalue weighted by molar-refractivity contribution is -0.143. The van der Waals surface area contributed by atoms with Gasteiger partial charge in [0.25, 0.3) is 5.91 Å². The van der Waals surface area contributed by atoms with Crippen LogP contribution in [0.1, 0.15) is 27.6 Å². The van der Waals surface area contributed by atoms with Crippen molar-refractivity contribution in [3.05, 3.63) is 35.4 Å². The van der Waals surface area contributed by atoms with E-state index < -0.39 is 18.0 Å². The largest absolute Gasteiger partial charge is 0.449 e. The van der Waals surface area contributed by atoms with Gasteiger partial charge in [0.2, 0.25) is 5.91 Å². The van der Waals surface area contributed by atoms with E-state index >= 15 is 0 Å². The Kier molecular flexibility index (Phi) is 5.11. The fourth-order valence-corrected chi connectivity index (χ4v) is 2.09. The van der Waals surface area contributed by atoms with Gasteiger partial charge in [-0.3, -0.25) is 9.59 Å². The Balaban J connectivity index is 1.95. The molecule has 0 radical (unpaired) electrons. The molecule has 1 atom stereocenters. The zero-order valence-corrected chi connectivity index (χ0v) is 12.3. The van der Waals surface area contributed by atoms with Gasteiger partial charge in [0, 0.05) is 18.7 Å². The van der Waals surface area contributed by atoms with Gasteiger partial charge in [-0.05, 0) is 31.2 Å². The minimum Gasteiger partial charge on any atom is -0.449 e. The maximum atomic E-state index is 12.1. The quantitative estimate of drug-likeness (QED) is 0.801. The van der Waals surface area contributed by atoms with Crippen LogP contribution in [0.5, 0.6) is 0 Å². The third-order valence-electron chi connectivity index (χ3n) is 3.36. The number of ether oxygens (including phenoxy) is 2. The standard InChI is InChI=1S/C15H18N2O5/c1-10(14(19)17-6-8-21-9-7-17)22-15(20)12-4-2-11(3-5-12)13(16)18/h2-5,10H,6-9H2,1H3,(H2,16,18). The number of rotatable bonds is 4. The highest BCUT2D eigenvalue weighted by Gasteiger charge is 2.25. The summed E-state index contributed by atoms with van der Waals surface area (Å²) in [5.74, 6) is -1.44. The van der Waals surface area contributed by atoms with Gasteiger partial charge < -0.3 is 20.1 Å². The van der Waals surface area contributed by atoms with Crippen molar-refractivity contribution in [2.75, 3.05) is 26.3 Å². The minimum absolute atomic E-state index is 0.245. The van der Waals surface area contributed by atoms with Crippen LogP contribution in [0.15, 0.2) is 24.3 Å². The highest BCUT2D eigenvalue weighted by Crippen LogP contribution is 2.09. The number of carbonyl (C=O) groups is 3. The summed E-state index contributed by atoms with van der Waals surface area (Å²) < 4.78 is 10.3. The molecule has 1 heterocycles. The molecule has 118 valence electrons. The van der Waals surface area contributed by atoms with E-state index in [1.807, 2.05) is 0 Å². The van der Waals surface area contributed by atoms with Gasteiger partial charge in [0.05, 0.1) is 18.8 Å². The number of amides is 2. The molecule has 0 aliphatic carbocycles. The first kappa shape index (κ1) is 16.0. The van der Waals surface area contributed by atoms with Crippen molar-refractivity contribution in [2.45, 2.75) is 13.0 Å². The van der Waals surface area contributed by atoms with Crippen molar-refractivity contribution >= 4 is 17.8 Å². The van der Waals surface area contributed by atoms with Gasteiger partial charge in [0.15, 0.2) is 6.10 Å². The van der Waals surface area contributed by atoms with E-state index in [9.17, 15) is 14.4 Å². The van der Waals surface area contributed by atoms with Crippen LogP contribution in [-0.4, -0.2) is 55.1 Å². The Bertz CT molecular complexity index is 564. The van der Waals surface area contributed by atoms with Gasteiger partial charge in [-0.2, -0.15) is 0 Å². The second kappa shape index (κ2) is 7.04. The maximum Gasteiger partial charge on any atom is 0.338 e. The predicted octanol–water partition coefficient (Wildman–Crippen LogP) is 0.190. The van der Waals surface area contributed by atoms with Gasteiger partial charge >= 0.3 is 5.97 Å². The van der Waals surface area contributed by atoms with Crippen LogP contribution in [0.2, 0.25) is 0 Å². The zero-order chi connectivity index (χ0) is 16.1. The summed E-state index contributed by atoms with van der Waals surface area (Å²) in [7, 11) is 0. The molecule has 2 rings (SSSR count). The maximum absolute atomic E-state index is 12.1. The van der Waals surface area contributed by atoms with Crippen molar-refractivity contribution in [3.63, 3.8) is 0 Å².